The van der Waals surface area contributed by atoms with Gasteiger partial charge in [-0.2, -0.15) is 0 Å². The van der Waals surface area contributed by atoms with Gasteiger partial charge in [-0.25, -0.2) is 0 Å². The number of hydrogen-bond acceptors (Lipinski definition) is 6. The van der Waals surface area contributed by atoms with Crippen LogP contribution >= 0.6 is 11.3 Å². The van der Waals surface area contributed by atoms with Crippen LogP contribution < -0.4 is 5.32 Å². The number of ether oxygens (including phenoxy) is 2. The van der Waals surface area contributed by atoms with Crippen molar-refractivity contribution in [3.05, 3.63) is 40.9 Å². The predicted molar refractivity (Wildman–Crippen MR) is 87.4 cm³/mol. The zero-order valence-corrected chi connectivity index (χ0v) is 13.6. The van der Waals surface area contributed by atoms with Crippen LogP contribution in [0.5, 0.6) is 0 Å². The van der Waals surface area contributed by atoms with Crippen LogP contribution in [-0.4, -0.2) is 42.7 Å². The molecule has 1 aromatic carbocycles. The van der Waals surface area contributed by atoms with Crippen molar-refractivity contribution in [3.63, 3.8) is 0 Å². The lowest BCUT2D eigenvalue weighted by Crippen LogP contribution is -2.44. The molecule has 0 unspecified atom stereocenters. The van der Waals surface area contributed by atoms with E-state index in [1.165, 1.54) is 5.56 Å². The maximum Gasteiger partial charge on any atom is 0.205 e. The van der Waals surface area contributed by atoms with Gasteiger partial charge in [0.1, 0.15) is 5.01 Å². The quantitative estimate of drug-likeness (QED) is 0.887. The fourth-order valence-corrected chi connectivity index (χ4v) is 3.37. The Morgan fingerprint density at radius 2 is 2.00 bits per heavy atom. The van der Waals surface area contributed by atoms with Crippen LogP contribution in [0, 0.1) is 0 Å². The Hall–Kier alpha value is -1.50. The summed E-state index contributed by atoms with van der Waals surface area (Å²) in [6.07, 6.45) is 2.64. The number of aromatic nitrogens is 2. The molecule has 2 aromatic rings. The number of benzene rings is 1. The maximum atomic E-state index is 5.72. The summed E-state index contributed by atoms with van der Waals surface area (Å²) in [5.74, 6) is 0. The molecular formula is C16H21N3O2S. The third kappa shape index (κ3) is 3.82. The summed E-state index contributed by atoms with van der Waals surface area (Å²) in [5, 5.41) is 13.7. The molecule has 118 valence electrons. The average Bonchev–Trinajstić information content (AvgIpc) is 3.02. The molecular weight excluding hydrogens is 298 g/mol. The maximum absolute atomic E-state index is 5.72. The largest absolute Gasteiger partial charge is 0.381 e. The van der Waals surface area contributed by atoms with Crippen molar-refractivity contribution in [3.8, 4) is 0 Å². The molecule has 0 aliphatic carbocycles. The van der Waals surface area contributed by atoms with E-state index in [2.05, 4.69) is 27.6 Å². The zero-order valence-electron chi connectivity index (χ0n) is 12.7. The molecule has 0 saturated carbocycles. The summed E-state index contributed by atoms with van der Waals surface area (Å²) >= 11 is 1.61. The van der Waals surface area contributed by atoms with E-state index in [9.17, 15) is 0 Å². The fourth-order valence-electron chi connectivity index (χ4n) is 2.60. The van der Waals surface area contributed by atoms with Crippen molar-refractivity contribution in [2.24, 2.45) is 0 Å². The molecule has 1 saturated heterocycles. The number of hydrogen-bond donors (Lipinski definition) is 1. The van der Waals surface area contributed by atoms with Crippen molar-refractivity contribution in [2.45, 2.75) is 24.9 Å². The molecule has 2 heterocycles. The lowest BCUT2D eigenvalue weighted by molar-refractivity contribution is -0.0807. The minimum absolute atomic E-state index is 0.149. The number of nitrogens with zero attached hydrogens (tertiary/aromatic N) is 2. The molecule has 0 spiro atoms. The van der Waals surface area contributed by atoms with Crippen LogP contribution in [-0.2, 0) is 15.9 Å². The minimum atomic E-state index is -0.149. The monoisotopic (exact) mass is 319 g/mol. The van der Waals surface area contributed by atoms with Gasteiger partial charge in [-0.05, 0) is 5.56 Å². The van der Waals surface area contributed by atoms with E-state index in [1.54, 1.807) is 18.4 Å². The number of nitrogens with one attached hydrogen (secondary N) is 1. The Kier molecular flexibility index (Phi) is 5.02. The molecule has 0 amide bonds. The summed E-state index contributed by atoms with van der Waals surface area (Å²) < 4.78 is 11.1. The summed E-state index contributed by atoms with van der Waals surface area (Å²) in [6, 6.07) is 10.3. The Morgan fingerprint density at radius 3 is 2.73 bits per heavy atom. The number of rotatable bonds is 6. The van der Waals surface area contributed by atoms with Gasteiger partial charge < -0.3 is 14.8 Å². The van der Waals surface area contributed by atoms with E-state index in [0.717, 1.165) is 49.2 Å². The summed E-state index contributed by atoms with van der Waals surface area (Å²) in [5.41, 5.74) is 1.10. The highest BCUT2D eigenvalue weighted by Gasteiger charge is 2.32. The minimum Gasteiger partial charge on any atom is -0.381 e. The predicted octanol–water partition coefficient (Wildman–Crippen LogP) is 2.74. The van der Waals surface area contributed by atoms with Gasteiger partial charge in [-0.3, -0.25) is 0 Å². The topological polar surface area (TPSA) is 56.3 Å². The van der Waals surface area contributed by atoms with Gasteiger partial charge in [-0.1, -0.05) is 41.7 Å². The third-order valence-electron chi connectivity index (χ3n) is 4.06. The second kappa shape index (κ2) is 7.17. The SMILES string of the molecule is COC1(CNc2nnc(Cc3ccccc3)s2)CCOCC1. The first kappa shape index (κ1) is 15.4. The van der Waals surface area contributed by atoms with Gasteiger partial charge in [-0.15, -0.1) is 10.2 Å². The standard InChI is InChI=1S/C16H21N3O2S/c1-20-16(7-9-21-10-8-16)12-17-15-19-18-14(22-15)11-13-5-3-2-4-6-13/h2-6H,7-12H2,1H3,(H,17,19). The van der Waals surface area contributed by atoms with E-state index in [0.29, 0.717) is 0 Å². The smallest absolute Gasteiger partial charge is 0.205 e. The molecule has 1 aliphatic rings. The van der Waals surface area contributed by atoms with Crippen molar-refractivity contribution < 1.29 is 9.47 Å². The van der Waals surface area contributed by atoms with Crippen molar-refractivity contribution in [2.75, 3.05) is 32.2 Å². The zero-order chi connectivity index (χ0) is 15.3. The fraction of sp³-hybridized carbons (Fsp3) is 0.500. The molecule has 1 aliphatic heterocycles. The highest BCUT2D eigenvalue weighted by molar-refractivity contribution is 7.15. The van der Waals surface area contributed by atoms with Crippen molar-refractivity contribution >= 4 is 16.5 Å². The van der Waals surface area contributed by atoms with Gasteiger partial charge in [0.15, 0.2) is 0 Å². The lowest BCUT2D eigenvalue weighted by Gasteiger charge is -2.35. The highest BCUT2D eigenvalue weighted by Crippen LogP contribution is 2.26. The van der Waals surface area contributed by atoms with Gasteiger partial charge in [0.25, 0.3) is 0 Å². The van der Waals surface area contributed by atoms with Crippen LogP contribution in [0.3, 0.4) is 0 Å². The first-order valence-electron chi connectivity index (χ1n) is 7.53. The first-order chi connectivity index (χ1) is 10.8. The Morgan fingerprint density at radius 1 is 1.23 bits per heavy atom. The summed E-state index contributed by atoms with van der Waals surface area (Å²) in [4.78, 5) is 0. The highest BCUT2D eigenvalue weighted by atomic mass is 32.1. The summed E-state index contributed by atoms with van der Waals surface area (Å²) in [7, 11) is 1.77. The van der Waals surface area contributed by atoms with Gasteiger partial charge in [0.2, 0.25) is 5.13 Å². The molecule has 6 heteroatoms. The van der Waals surface area contributed by atoms with E-state index in [4.69, 9.17) is 9.47 Å². The van der Waals surface area contributed by atoms with E-state index in [1.807, 2.05) is 18.2 Å². The molecule has 1 N–H and O–H groups in total. The Labute approximate surface area is 134 Å². The second-order valence-corrected chi connectivity index (χ2v) is 6.58. The van der Waals surface area contributed by atoms with Crippen molar-refractivity contribution in [1.82, 2.24) is 10.2 Å². The molecule has 0 atom stereocenters. The second-order valence-electron chi connectivity index (χ2n) is 5.52. The Bertz CT molecular complexity index is 582. The molecule has 5 nitrogen and oxygen atoms in total. The number of methoxy groups -OCH3 is 1. The van der Waals surface area contributed by atoms with Crippen LogP contribution in [0.2, 0.25) is 0 Å². The van der Waals surface area contributed by atoms with Gasteiger partial charge in [0.05, 0.1) is 5.60 Å². The molecule has 1 aromatic heterocycles. The molecule has 22 heavy (non-hydrogen) atoms. The van der Waals surface area contributed by atoms with E-state index >= 15 is 0 Å². The normalized spacial score (nSPS) is 17.3. The van der Waals surface area contributed by atoms with Crippen LogP contribution in [0.15, 0.2) is 30.3 Å². The molecule has 3 rings (SSSR count). The molecule has 1 fully saturated rings. The Balaban J connectivity index is 1.57. The van der Waals surface area contributed by atoms with E-state index < -0.39 is 0 Å². The van der Waals surface area contributed by atoms with E-state index in [-0.39, 0.29) is 5.60 Å². The summed E-state index contributed by atoms with van der Waals surface area (Å²) in [6.45, 7) is 2.25. The molecule has 0 radical (unpaired) electrons. The first-order valence-corrected chi connectivity index (χ1v) is 8.34. The lowest BCUT2D eigenvalue weighted by atomic mass is 9.94. The van der Waals surface area contributed by atoms with Gasteiger partial charge >= 0.3 is 0 Å². The van der Waals surface area contributed by atoms with Crippen LogP contribution in [0.25, 0.3) is 0 Å². The van der Waals surface area contributed by atoms with Gasteiger partial charge in [0, 0.05) is 46.1 Å². The van der Waals surface area contributed by atoms with Crippen LogP contribution in [0.1, 0.15) is 23.4 Å². The van der Waals surface area contributed by atoms with Crippen molar-refractivity contribution in [1.29, 1.82) is 0 Å². The number of anilines is 1. The molecule has 0 bridgehead atoms. The van der Waals surface area contributed by atoms with Crippen LogP contribution in [0.4, 0.5) is 5.13 Å². The average molecular weight is 319 g/mol. The third-order valence-corrected chi connectivity index (χ3v) is 4.94.